The summed E-state index contributed by atoms with van der Waals surface area (Å²) in [5.41, 5.74) is 1.43. The molecule has 122 valence electrons. The van der Waals surface area contributed by atoms with Crippen LogP contribution >= 0.6 is 0 Å². The van der Waals surface area contributed by atoms with Crippen molar-refractivity contribution in [3.8, 4) is 0 Å². The summed E-state index contributed by atoms with van der Waals surface area (Å²) in [5, 5.41) is 25.7. The highest BCUT2D eigenvalue weighted by Crippen LogP contribution is 2.22. The lowest BCUT2D eigenvalue weighted by Crippen LogP contribution is -2.11. The summed E-state index contributed by atoms with van der Waals surface area (Å²) in [6, 6.07) is 11.9. The van der Waals surface area contributed by atoms with Crippen molar-refractivity contribution in [2.75, 3.05) is 0 Å². The first-order chi connectivity index (χ1) is 10.8. The predicted octanol–water partition coefficient (Wildman–Crippen LogP) is 1.91. The molecule has 0 fully saturated rings. The molecule has 1 unspecified atom stereocenters. The van der Waals surface area contributed by atoms with E-state index < -0.39 is 21.1 Å². The molecule has 2 aromatic rings. The molecule has 0 heterocycles. The number of benzene rings is 2. The lowest BCUT2D eigenvalue weighted by Gasteiger charge is -2.11. The first-order valence-electron chi connectivity index (χ1n) is 6.81. The second kappa shape index (κ2) is 6.86. The summed E-state index contributed by atoms with van der Waals surface area (Å²) in [6.07, 6.45) is 0.184. The second-order valence-corrected chi connectivity index (χ2v) is 6.65. The van der Waals surface area contributed by atoms with Crippen LogP contribution in [-0.4, -0.2) is 18.4 Å². The van der Waals surface area contributed by atoms with Crippen LogP contribution in [0.5, 0.6) is 0 Å². The molecule has 2 aromatic carbocycles. The molecule has 7 nitrogen and oxygen atoms in total. The van der Waals surface area contributed by atoms with E-state index in [-0.39, 0.29) is 10.6 Å². The number of primary sulfonamides is 1. The highest BCUT2D eigenvalue weighted by atomic mass is 32.2. The minimum absolute atomic E-state index is 0.0282. The van der Waals surface area contributed by atoms with Gasteiger partial charge in [0.2, 0.25) is 10.0 Å². The summed E-state index contributed by atoms with van der Waals surface area (Å²) in [6.45, 7) is 0. The number of rotatable bonds is 6. The molecule has 0 amide bonds. The molecule has 1 atom stereocenters. The van der Waals surface area contributed by atoms with Crippen LogP contribution in [0.4, 0.5) is 5.69 Å². The van der Waals surface area contributed by atoms with Gasteiger partial charge in [0, 0.05) is 12.1 Å². The maximum Gasteiger partial charge on any atom is 0.269 e. The molecule has 8 heteroatoms. The van der Waals surface area contributed by atoms with Gasteiger partial charge in [0.25, 0.3) is 5.69 Å². The van der Waals surface area contributed by atoms with Gasteiger partial charge >= 0.3 is 0 Å². The van der Waals surface area contributed by atoms with Crippen LogP contribution in [0.25, 0.3) is 0 Å². The molecule has 3 N–H and O–H groups in total. The molecule has 0 saturated carbocycles. The average Bonchev–Trinajstić information content (AvgIpc) is 2.52. The Hall–Kier alpha value is -2.29. The average molecular weight is 336 g/mol. The van der Waals surface area contributed by atoms with E-state index in [0.29, 0.717) is 18.4 Å². The third-order valence-corrected chi connectivity index (χ3v) is 4.38. The highest BCUT2D eigenvalue weighted by molar-refractivity contribution is 7.89. The Morgan fingerprint density at radius 1 is 1.09 bits per heavy atom. The zero-order valence-corrected chi connectivity index (χ0v) is 12.9. The monoisotopic (exact) mass is 336 g/mol. The SMILES string of the molecule is NS(=O)(=O)c1ccc(CCC(O)c2ccc([N+](=O)[O-])cc2)cc1. The fourth-order valence-corrected chi connectivity index (χ4v) is 2.65. The summed E-state index contributed by atoms with van der Waals surface area (Å²) < 4.78 is 22.3. The number of nitrogens with two attached hydrogens (primary N) is 1. The summed E-state index contributed by atoms with van der Waals surface area (Å²) in [5.74, 6) is 0. The molecule has 0 saturated heterocycles. The number of nitro benzene ring substituents is 1. The van der Waals surface area contributed by atoms with Gasteiger partial charge in [-0.25, -0.2) is 13.6 Å². The number of nitro groups is 1. The Morgan fingerprint density at radius 3 is 2.13 bits per heavy atom. The van der Waals surface area contributed by atoms with Gasteiger partial charge in [0.15, 0.2) is 0 Å². The van der Waals surface area contributed by atoms with Crippen molar-refractivity contribution in [1.82, 2.24) is 0 Å². The van der Waals surface area contributed by atoms with Crippen LogP contribution in [-0.2, 0) is 16.4 Å². The molecule has 23 heavy (non-hydrogen) atoms. The number of aryl methyl sites for hydroxylation is 1. The van der Waals surface area contributed by atoms with Gasteiger partial charge in [-0.15, -0.1) is 0 Å². The molecule has 0 aliphatic rings. The number of nitrogens with zero attached hydrogens (tertiary/aromatic N) is 1. The molecule has 2 rings (SSSR count). The molecule has 0 radical (unpaired) electrons. The molecule has 0 aromatic heterocycles. The number of hydrogen-bond donors (Lipinski definition) is 2. The van der Waals surface area contributed by atoms with Gasteiger partial charge < -0.3 is 5.11 Å². The van der Waals surface area contributed by atoms with Crippen molar-refractivity contribution in [3.63, 3.8) is 0 Å². The van der Waals surface area contributed by atoms with E-state index in [1.54, 1.807) is 12.1 Å². The molecule has 0 bridgehead atoms. The first kappa shape index (κ1) is 17.1. The van der Waals surface area contributed by atoms with Crippen molar-refractivity contribution < 1.29 is 18.4 Å². The maximum atomic E-state index is 11.2. The standard InChI is InChI=1S/C15H16N2O5S/c16-23(21,22)14-8-1-11(2-9-14)3-10-15(18)12-4-6-13(7-5-12)17(19)20/h1-2,4-9,15,18H,3,10H2,(H2,16,21,22). The Kier molecular flexibility index (Phi) is 5.09. The summed E-state index contributed by atoms with van der Waals surface area (Å²) >= 11 is 0. The Balaban J connectivity index is 1.98. The van der Waals surface area contributed by atoms with E-state index in [1.807, 2.05) is 0 Å². The van der Waals surface area contributed by atoms with Crippen LogP contribution in [0.15, 0.2) is 53.4 Å². The fourth-order valence-electron chi connectivity index (χ4n) is 2.13. The van der Waals surface area contributed by atoms with Gasteiger partial charge in [0.1, 0.15) is 0 Å². The predicted molar refractivity (Wildman–Crippen MR) is 84.2 cm³/mol. The van der Waals surface area contributed by atoms with E-state index in [1.165, 1.54) is 36.4 Å². The molecular formula is C15H16N2O5S. The van der Waals surface area contributed by atoms with Gasteiger partial charge in [-0.05, 0) is 48.2 Å². The van der Waals surface area contributed by atoms with E-state index >= 15 is 0 Å². The Labute approximate surface area is 133 Å². The quantitative estimate of drug-likeness (QED) is 0.616. The normalized spacial score (nSPS) is 12.8. The van der Waals surface area contributed by atoms with Crippen molar-refractivity contribution in [2.24, 2.45) is 5.14 Å². The third kappa shape index (κ3) is 4.59. The lowest BCUT2D eigenvalue weighted by atomic mass is 10.0. The molecular weight excluding hydrogens is 320 g/mol. The zero-order valence-electron chi connectivity index (χ0n) is 12.1. The van der Waals surface area contributed by atoms with Gasteiger partial charge in [-0.3, -0.25) is 10.1 Å². The first-order valence-corrected chi connectivity index (χ1v) is 8.36. The topological polar surface area (TPSA) is 124 Å². The van der Waals surface area contributed by atoms with Crippen molar-refractivity contribution in [2.45, 2.75) is 23.8 Å². The number of sulfonamides is 1. The molecule has 0 aliphatic heterocycles. The van der Waals surface area contributed by atoms with Crippen LogP contribution in [0.2, 0.25) is 0 Å². The summed E-state index contributed by atoms with van der Waals surface area (Å²) in [4.78, 5) is 10.1. The minimum atomic E-state index is -3.71. The lowest BCUT2D eigenvalue weighted by molar-refractivity contribution is -0.384. The van der Waals surface area contributed by atoms with Crippen molar-refractivity contribution >= 4 is 15.7 Å². The zero-order chi connectivity index (χ0) is 17.0. The molecule has 0 aliphatic carbocycles. The number of aliphatic hydroxyl groups is 1. The number of aliphatic hydroxyl groups excluding tert-OH is 1. The third-order valence-electron chi connectivity index (χ3n) is 3.45. The molecule has 0 spiro atoms. The summed E-state index contributed by atoms with van der Waals surface area (Å²) in [7, 11) is -3.71. The fraction of sp³-hybridized carbons (Fsp3) is 0.200. The van der Waals surface area contributed by atoms with Crippen molar-refractivity contribution in [3.05, 3.63) is 69.8 Å². The van der Waals surface area contributed by atoms with E-state index in [2.05, 4.69) is 0 Å². The van der Waals surface area contributed by atoms with Gasteiger partial charge in [-0.2, -0.15) is 0 Å². The number of hydrogen-bond acceptors (Lipinski definition) is 5. The maximum absolute atomic E-state index is 11.2. The van der Waals surface area contributed by atoms with Gasteiger partial charge in [-0.1, -0.05) is 12.1 Å². The highest BCUT2D eigenvalue weighted by Gasteiger charge is 2.11. The second-order valence-electron chi connectivity index (χ2n) is 5.09. The van der Waals surface area contributed by atoms with Crippen LogP contribution in [0.1, 0.15) is 23.7 Å². The van der Waals surface area contributed by atoms with Gasteiger partial charge in [0.05, 0.1) is 15.9 Å². The van der Waals surface area contributed by atoms with Crippen LogP contribution < -0.4 is 5.14 Å². The Bertz CT molecular complexity index is 786. The van der Waals surface area contributed by atoms with E-state index in [9.17, 15) is 23.6 Å². The smallest absolute Gasteiger partial charge is 0.269 e. The van der Waals surface area contributed by atoms with Crippen molar-refractivity contribution in [1.29, 1.82) is 0 Å². The number of non-ortho nitro benzene ring substituents is 1. The van der Waals surface area contributed by atoms with Crippen LogP contribution in [0, 0.1) is 10.1 Å². The minimum Gasteiger partial charge on any atom is -0.388 e. The Morgan fingerprint density at radius 2 is 1.65 bits per heavy atom. The van der Waals surface area contributed by atoms with Crippen LogP contribution in [0.3, 0.4) is 0 Å². The van der Waals surface area contributed by atoms with E-state index in [0.717, 1.165) is 5.56 Å². The van der Waals surface area contributed by atoms with E-state index in [4.69, 9.17) is 5.14 Å². The largest absolute Gasteiger partial charge is 0.388 e.